The zero-order valence-electron chi connectivity index (χ0n) is 22.9. The van der Waals surface area contributed by atoms with E-state index in [9.17, 15) is 15.3 Å². The molecule has 2 fully saturated rings. The molecule has 4 heterocycles. The number of amides is 1. The molecule has 204 valence electrons. The SMILES string of the molecule is Cn1ncc(-c2cn3nccc3c(-c3cnn(C4(CC#N)CC5(CC(C#N)C5)C4)c3)n2)c1NC(=O)OC(C)(C)C. The minimum atomic E-state index is -0.651. The number of fused-ring (bicyclic) bond motifs is 1. The van der Waals surface area contributed by atoms with Crippen LogP contribution in [0.25, 0.3) is 28.0 Å². The highest BCUT2D eigenvalue weighted by molar-refractivity contribution is 5.90. The van der Waals surface area contributed by atoms with Crippen LogP contribution in [0.3, 0.4) is 0 Å². The fourth-order valence-corrected chi connectivity index (χ4v) is 6.37. The van der Waals surface area contributed by atoms with Crippen LogP contribution in [0.5, 0.6) is 0 Å². The topological polar surface area (TPSA) is 152 Å². The molecule has 0 atom stereocenters. The van der Waals surface area contributed by atoms with Gasteiger partial charge >= 0.3 is 6.09 Å². The number of hydrogen-bond acceptors (Lipinski definition) is 8. The summed E-state index contributed by atoms with van der Waals surface area (Å²) < 4.78 is 10.6. The Morgan fingerprint density at radius 1 is 1.18 bits per heavy atom. The molecule has 0 bridgehead atoms. The monoisotopic (exact) mass is 538 g/mol. The molecule has 2 aliphatic carbocycles. The molecular weight excluding hydrogens is 508 g/mol. The second-order valence-electron chi connectivity index (χ2n) is 12.1. The van der Waals surface area contributed by atoms with E-state index in [0.717, 1.165) is 36.8 Å². The first-order valence-corrected chi connectivity index (χ1v) is 13.2. The van der Waals surface area contributed by atoms with Crippen molar-refractivity contribution < 1.29 is 9.53 Å². The molecule has 4 aromatic heterocycles. The second-order valence-corrected chi connectivity index (χ2v) is 12.1. The summed E-state index contributed by atoms with van der Waals surface area (Å²) in [6, 6.07) is 6.60. The molecule has 4 aromatic rings. The normalized spacial score (nSPS) is 23.7. The van der Waals surface area contributed by atoms with Crippen molar-refractivity contribution in [3.63, 3.8) is 0 Å². The van der Waals surface area contributed by atoms with Crippen LogP contribution < -0.4 is 5.32 Å². The number of carbonyl (C=O) groups is 1. The number of hydrogen-bond donors (Lipinski definition) is 1. The third-order valence-electron chi connectivity index (χ3n) is 7.92. The van der Waals surface area contributed by atoms with E-state index in [1.165, 1.54) is 0 Å². The second kappa shape index (κ2) is 8.91. The van der Waals surface area contributed by atoms with E-state index in [1.807, 2.05) is 16.9 Å². The van der Waals surface area contributed by atoms with E-state index in [4.69, 9.17) is 14.8 Å². The highest BCUT2D eigenvalue weighted by Gasteiger charge is 2.61. The first-order chi connectivity index (χ1) is 19.0. The van der Waals surface area contributed by atoms with Gasteiger partial charge in [0.2, 0.25) is 0 Å². The van der Waals surface area contributed by atoms with Gasteiger partial charge in [0.05, 0.1) is 71.4 Å². The summed E-state index contributed by atoms with van der Waals surface area (Å²) in [4.78, 5) is 17.5. The van der Waals surface area contributed by atoms with Crippen molar-refractivity contribution in [2.24, 2.45) is 18.4 Å². The number of nitrogens with zero attached hydrogens (tertiary/aromatic N) is 9. The zero-order chi connectivity index (χ0) is 28.3. The summed E-state index contributed by atoms with van der Waals surface area (Å²) in [5, 5.41) is 35.1. The van der Waals surface area contributed by atoms with Crippen LogP contribution in [0.1, 0.15) is 52.9 Å². The van der Waals surface area contributed by atoms with Crippen LogP contribution in [0, 0.1) is 34.0 Å². The third kappa shape index (κ3) is 4.26. The standard InChI is InChI=1S/C28H30N10O2/c1-26(2,3)40-25(39)35-24-20(13-32-36(24)4)21-15-37-22(5-8-31-37)23(34-21)19-12-33-38(14-19)28(6-7-29)16-27(17-28)9-18(10-27)11-30/h5,8,12-15,18H,6,9-10,16-17H2,1-4H3,(H,35,39). The molecular formula is C28H30N10O2. The highest BCUT2D eigenvalue weighted by Crippen LogP contribution is 2.66. The Morgan fingerprint density at radius 2 is 1.95 bits per heavy atom. The minimum absolute atomic E-state index is 0.123. The molecule has 2 aliphatic rings. The minimum Gasteiger partial charge on any atom is -0.444 e. The van der Waals surface area contributed by atoms with Crippen molar-refractivity contribution in [3.05, 3.63) is 37.1 Å². The van der Waals surface area contributed by atoms with Crippen molar-refractivity contribution in [2.75, 3.05) is 5.32 Å². The number of ether oxygens (including phenoxy) is 1. The average molecular weight is 539 g/mol. The molecule has 0 aromatic carbocycles. The molecule has 1 spiro atoms. The Labute approximate surface area is 231 Å². The lowest BCUT2D eigenvalue weighted by Gasteiger charge is -2.61. The fourth-order valence-electron chi connectivity index (χ4n) is 6.37. The number of aryl methyl sites for hydroxylation is 1. The lowest BCUT2D eigenvalue weighted by molar-refractivity contribution is -0.108. The van der Waals surface area contributed by atoms with Crippen molar-refractivity contribution >= 4 is 17.4 Å². The van der Waals surface area contributed by atoms with Gasteiger partial charge in [-0.25, -0.2) is 14.3 Å². The molecule has 40 heavy (non-hydrogen) atoms. The van der Waals surface area contributed by atoms with E-state index < -0.39 is 11.7 Å². The highest BCUT2D eigenvalue weighted by atomic mass is 16.6. The van der Waals surface area contributed by atoms with E-state index >= 15 is 0 Å². The smallest absolute Gasteiger partial charge is 0.413 e. The summed E-state index contributed by atoms with van der Waals surface area (Å²) in [5.74, 6) is 0.566. The van der Waals surface area contributed by atoms with Crippen LogP contribution in [0.2, 0.25) is 0 Å². The van der Waals surface area contributed by atoms with E-state index in [-0.39, 0.29) is 16.9 Å². The van der Waals surface area contributed by atoms with Gasteiger partial charge in [-0.3, -0.25) is 14.7 Å². The molecule has 0 radical (unpaired) electrons. The Balaban J connectivity index is 1.34. The first kappa shape index (κ1) is 25.6. The fraction of sp³-hybridized carbons (Fsp3) is 0.464. The van der Waals surface area contributed by atoms with Crippen LogP contribution >= 0.6 is 0 Å². The average Bonchev–Trinajstić information content (AvgIpc) is 3.59. The van der Waals surface area contributed by atoms with E-state index in [0.29, 0.717) is 29.2 Å². The molecule has 12 nitrogen and oxygen atoms in total. The summed E-state index contributed by atoms with van der Waals surface area (Å²) in [5.41, 5.74) is 2.55. The van der Waals surface area contributed by atoms with Gasteiger partial charge in [0.25, 0.3) is 0 Å². The van der Waals surface area contributed by atoms with Gasteiger partial charge in [-0.1, -0.05) is 0 Å². The number of aromatic nitrogens is 7. The maximum absolute atomic E-state index is 12.5. The van der Waals surface area contributed by atoms with Gasteiger partial charge in [-0.05, 0) is 57.9 Å². The lowest BCUT2D eigenvalue weighted by Crippen LogP contribution is -2.58. The Bertz CT molecular complexity index is 1690. The largest absolute Gasteiger partial charge is 0.444 e. The van der Waals surface area contributed by atoms with Crippen molar-refractivity contribution in [1.29, 1.82) is 10.5 Å². The predicted molar refractivity (Wildman–Crippen MR) is 144 cm³/mol. The maximum atomic E-state index is 12.5. The maximum Gasteiger partial charge on any atom is 0.413 e. The molecule has 0 saturated heterocycles. The number of nitrogens with one attached hydrogen (secondary N) is 1. The molecule has 6 rings (SSSR count). The van der Waals surface area contributed by atoms with E-state index in [2.05, 4.69) is 27.7 Å². The first-order valence-electron chi connectivity index (χ1n) is 13.2. The Hall–Kier alpha value is -4.71. The van der Waals surface area contributed by atoms with Crippen LogP contribution in [-0.4, -0.2) is 45.9 Å². The predicted octanol–water partition coefficient (Wildman–Crippen LogP) is 4.66. The van der Waals surface area contributed by atoms with Crippen molar-refractivity contribution in [3.8, 4) is 34.7 Å². The number of anilines is 1. The van der Waals surface area contributed by atoms with Crippen molar-refractivity contribution in [1.82, 2.24) is 34.2 Å². The van der Waals surface area contributed by atoms with Gasteiger partial charge in [-0.2, -0.15) is 25.8 Å². The molecule has 1 N–H and O–H groups in total. The summed E-state index contributed by atoms with van der Waals surface area (Å²) in [6.45, 7) is 5.40. The quantitative estimate of drug-likeness (QED) is 0.385. The van der Waals surface area contributed by atoms with Crippen LogP contribution in [0.15, 0.2) is 37.1 Å². The third-order valence-corrected chi connectivity index (χ3v) is 7.92. The number of carbonyl (C=O) groups excluding carboxylic acids is 1. The van der Waals surface area contributed by atoms with Gasteiger partial charge in [0, 0.05) is 24.7 Å². The lowest BCUT2D eigenvalue weighted by atomic mass is 9.45. The Morgan fingerprint density at radius 3 is 2.65 bits per heavy atom. The van der Waals surface area contributed by atoms with Crippen molar-refractivity contribution in [2.45, 2.75) is 64.0 Å². The number of nitriles is 2. The number of rotatable bonds is 5. The zero-order valence-corrected chi connectivity index (χ0v) is 22.9. The van der Waals surface area contributed by atoms with Crippen LogP contribution in [-0.2, 0) is 17.3 Å². The molecule has 12 heteroatoms. The Kier molecular flexibility index (Phi) is 5.70. The van der Waals surface area contributed by atoms with Gasteiger partial charge in [-0.15, -0.1) is 0 Å². The molecule has 0 unspecified atom stereocenters. The summed E-state index contributed by atoms with van der Waals surface area (Å²) in [6.07, 6.45) is 12.1. The van der Waals surface area contributed by atoms with Gasteiger partial charge < -0.3 is 4.74 Å². The van der Waals surface area contributed by atoms with Crippen LogP contribution in [0.4, 0.5) is 10.6 Å². The molecule has 0 aliphatic heterocycles. The molecule has 2 saturated carbocycles. The summed E-state index contributed by atoms with van der Waals surface area (Å²) in [7, 11) is 1.73. The van der Waals surface area contributed by atoms with Gasteiger partial charge in [0.15, 0.2) is 0 Å². The van der Waals surface area contributed by atoms with E-state index in [1.54, 1.807) is 61.8 Å². The molecule has 1 amide bonds. The van der Waals surface area contributed by atoms with Gasteiger partial charge in [0.1, 0.15) is 11.4 Å². The summed E-state index contributed by atoms with van der Waals surface area (Å²) >= 11 is 0.